The van der Waals surface area contributed by atoms with Crippen LogP contribution in [0, 0.1) is 0 Å². The van der Waals surface area contributed by atoms with Crippen molar-refractivity contribution < 1.29 is 18.0 Å². The molecular formula is C11H9F3N4O. The van der Waals surface area contributed by atoms with E-state index in [-0.39, 0.29) is 6.54 Å². The molecule has 0 saturated carbocycles. The Hall–Kier alpha value is -2.38. The SMILES string of the molecule is O=C(NCc1ccnc(-n2ccnc2)c1)C(F)(F)F. The zero-order valence-corrected chi connectivity index (χ0v) is 9.55. The van der Waals surface area contributed by atoms with Crippen LogP contribution in [0.2, 0.25) is 0 Å². The molecule has 0 spiro atoms. The van der Waals surface area contributed by atoms with Gasteiger partial charge in [0.15, 0.2) is 0 Å². The number of carbonyl (C=O) groups is 1. The molecule has 5 nitrogen and oxygen atoms in total. The maximum absolute atomic E-state index is 12.0. The second kappa shape index (κ2) is 5.09. The Morgan fingerprint density at radius 3 is 2.79 bits per heavy atom. The van der Waals surface area contributed by atoms with Gasteiger partial charge in [0.1, 0.15) is 12.1 Å². The average Bonchev–Trinajstić information content (AvgIpc) is 2.89. The molecule has 8 heteroatoms. The smallest absolute Gasteiger partial charge is 0.344 e. The summed E-state index contributed by atoms with van der Waals surface area (Å²) in [5.41, 5.74) is 0.510. The highest BCUT2D eigenvalue weighted by Gasteiger charge is 2.38. The summed E-state index contributed by atoms with van der Waals surface area (Å²) < 4.78 is 37.7. The van der Waals surface area contributed by atoms with E-state index in [4.69, 9.17) is 0 Å². The Bertz CT molecular complexity index is 566. The summed E-state index contributed by atoms with van der Waals surface area (Å²) in [5.74, 6) is -1.45. The zero-order chi connectivity index (χ0) is 13.9. The van der Waals surface area contributed by atoms with Gasteiger partial charge in [0.05, 0.1) is 0 Å². The van der Waals surface area contributed by atoms with Crippen LogP contribution in [-0.4, -0.2) is 26.6 Å². The summed E-state index contributed by atoms with van der Waals surface area (Å²) >= 11 is 0. The second-order valence-electron chi connectivity index (χ2n) is 3.67. The van der Waals surface area contributed by atoms with Crippen molar-refractivity contribution in [1.29, 1.82) is 0 Å². The molecule has 1 N–H and O–H groups in total. The van der Waals surface area contributed by atoms with Crippen molar-refractivity contribution in [3.8, 4) is 5.82 Å². The molecule has 0 fully saturated rings. The van der Waals surface area contributed by atoms with Crippen LogP contribution in [0.25, 0.3) is 5.82 Å². The fraction of sp³-hybridized carbons (Fsp3) is 0.182. The Balaban J connectivity index is 2.06. The van der Waals surface area contributed by atoms with Crippen molar-refractivity contribution in [1.82, 2.24) is 19.9 Å². The molecule has 19 heavy (non-hydrogen) atoms. The fourth-order valence-corrected chi connectivity index (χ4v) is 1.39. The van der Waals surface area contributed by atoms with Crippen molar-refractivity contribution in [2.75, 3.05) is 0 Å². The van der Waals surface area contributed by atoms with E-state index in [1.807, 2.05) is 0 Å². The molecule has 0 bridgehead atoms. The number of amides is 1. The van der Waals surface area contributed by atoms with Gasteiger partial charge in [-0.05, 0) is 17.7 Å². The van der Waals surface area contributed by atoms with Crippen molar-refractivity contribution in [2.45, 2.75) is 12.7 Å². The minimum absolute atomic E-state index is 0.220. The highest BCUT2D eigenvalue weighted by molar-refractivity contribution is 5.81. The predicted molar refractivity (Wildman–Crippen MR) is 59.3 cm³/mol. The number of nitrogens with zero attached hydrogens (tertiary/aromatic N) is 3. The first-order valence-electron chi connectivity index (χ1n) is 5.25. The molecule has 100 valence electrons. The molecule has 2 heterocycles. The zero-order valence-electron chi connectivity index (χ0n) is 9.55. The number of rotatable bonds is 3. The molecule has 2 aromatic rings. The number of aromatic nitrogens is 3. The molecular weight excluding hydrogens is 261 g/mol. The molecule has 0 saturated heterocycles. The summed E-state index contributed by atoms with van der Waals surface area (Å²) in [6.07, 6.45) is 1.30. The van der Waals surface area contributed by atoms with Crippen LogP contribution in [0.1, 0.15) is 5.56 Å². The average molecular weight is 270 g/mol. The number of hydrogen-bond donors (Lipinski definition) is 1. The van der Waals surface area contributed by atoms with E-state index in [9.17, 15) is 18.0 Å². The van der Waals surface area contributed by atoms with Crippen molar-refractivity contribution in [3.63, 3.8) is 0 Å². The first kappa shape index (κ1) is 13.1. The Morgan fingerprint density at radius 1 is 1.37 bits per heavy atom. The third kappa shape index (κ3) is 3.30. The number of imidazole rings is 1. The highest BCUT2D eigenvalue weighted by Crippen LogP contribution is 2.14. The topological polar surface area (TPSA) is 59.8 Å². The van der Waals surface area contributed by atoms with Crippen LogP contribution in [0.15, 0.2) is 37.1 Å². The number of halogens is 3. The van der Waals surface area contributed by atoms with Gasteiger partial charge < -0.3 is 5.32 Å². The predicted octanol–water partition coefficient (Wildman–Crippen LogP) is 1.45. The Morgan fingerprint density at radius 2 is 2.16 bits per heavy atom. The number of pyridine rings is 1. The second-order valence-corrected chi connectivity index (χ2v) is 3.67. The molecule has 1 amide bonds. The van der Waals surface area contributed by atoms with Gasteiger partial charge in [-0.2, -0.15) is 13.2 Å². The quantitative estimate of drug-likeness (QED) is 0.918. The summed E-state index contributed by atoms with van der Waals surface area (Å²) in [4.78, 5) is 18.6. The third-order valence-corrected chi connectivity index (χ3v) is 2.29. The van der Waals surface area contributed by atoms with Gasteiger partial charge in [0, 0.05) is 25.1 Å². The molecule has 0 radical (unpaired) electrons. The molecule has 0 atom stereocenters. The van der Waals surface area contributed by atoms with Gasteiger partial charge in [-0.1, -0.05) is 0 Å². The van der Waals surface area contributed by atoms with Gasteiger partial charge in [-0.15, -0.1) is 0 Å². The highest BCUT2D eigenvalue weighted by atomic mass is 19.4. The fourth-order valence-electron chi connectivity index (χ4n) is 1.39. The maximum atomic E-state index is 12.0. The van der Waals surface area contributed by atoms with Crippen molar-refractivity contribution >= 4 is 5.91 Å². The third-order valence-electron chi connectivity index (χ3n) is 2.29. The lowest BCUT2D eigenvalue weighted by Gasteiger charge is -2.08. The van der Waals surface area contributed by atoms with Crippen molar-refractivity contribution in [3.05, 3.63) is 42.6 Å². The Labute approximate surface area is 106 Å². The molecule has 0 unspecified atom stereocenters. The summed E-state index contributed by atoms with van der Waals surface area (Å²) in [7, 11) is 0. The standard InChI is InChI=1S/C11H9F3N4O/c12-11(13,14)10(19)17-6-8-1-2-16-9(5-8)18-4-3-15-7-18/h1-5,7H,6H2,(H,17,19). The van der Waals surface area contributed by atoms with E-state index >= 15 is 0 Å². The van der Waals surface area contributed by atoms with Crippen LogP contribution in [0.4, 0.5) is 13.2 Å². The largest absolute Gasteiger partial charge is 0.471 e. The van der Waals surface area contributed by atoms with E-state index in [2.05, 4.69) is 9.97 Å². The van der Waals surface area contributed by atoms with E-state index in [1.54, 1.807) is 28.3 Å². The lowest BCUT2D eigenvalue weighted by Crippen LogP contribution is -2.36. The van der Waals surface area contributed by atoms with E-state index in [1.165, 1.54) is 18.6 Å². The summed E-state index contributed by atoms with van der Waals surface area (Å²) in [6, 6.07) is 3.09. The first-order chi connectivity index (χ1) is 8.97. The molecule has 2 rings (SSSR count). The number of carbonyl (C=O) groups excluding carboxylic acids is 1. The van der Waals surface area contributed by atoms with E-state index in [0.717, 1.165) is 0 Å². The van der Waals surface area contributed by atoms with Crippen molar-refractivity contribution in [2.24, 2.45) is 0 Å². The molecule has 0 aromatic carbocycles. The van der Waals surface area contributed by atoms with Gasteiger partial charge >= 0.3 is 12.1 Å². The minimum atomic E-state index is -4.87. The van der Waals surface area contributed by atoms with Gasteiger partial charge in [0.2, 0.25) is 0 Å². The van der Waals surface area contributed by atoms with Crippen LogP contribution < -0.4 is 5.32 Å². The van der Waals surface area contributed by atoms with Gasteiger partial charge in [-0.3, -0.25) is 9.36 Å². The van der Waals surface area contributed by atoms with Crippen LogP contribution in [0.5, 0.6) is 0 Å². The number of alkyl halides is 3. The molecule has 0 aliphatic carbocycles. The monoisotopic (exact) mass is 270 g/mol. The molecule has 0 aliphatic heterocycles. The lowest BCUT2D eigenvalue weighted by atomic mass is 10.2. The van der Waals surface area contributed by atoms with Gasteiger partial charge in [-0.25, -0.2) is 9.97 Å². The summed E-state index contributed by atoms with van der Waals surface area (Å²) in [6.45, 7) is -0.220. The lowest BCUT2D eigenvalue weighted by molar-refractivity contribution is -0.173. The van der Waals surface area contributed by atoms with Crippen LogP contribution in [0.3, 0.4) is 0 Å². The number of nitrogens with one attached hydrogen (secondary N) is 1. The summed E-state index contributed by atoms with van der Waals surface area (Å²) in [5, 5.41) is 1.79. The van der Waals surface area contributed by atoms with Crippen LogP contribution in [-0.2, 0) is 11.3 Å². The van der Waals surface area contributed by atoms with Crippen LogP contribution >= 0.6 is 0 Å². The molecule has 2 aromatic heterocycles. The molecule has 0 aliphatic rings. The maximum Gasteiger partial charge on any atom is 0.471 e. The minimum Gasteiger partial charge on any atom is -0.344 e. The Kier molecular flexibility index (Phi) is 3.50. The van der Waals surface area contributed by atoms with Gasteiger partial charge in [0.25, 0.3) is 0 Å². The number of hydrogen-bond acceptors (Lipinski definition) is 3. The normalized spacial score (nSPS) is 11.3. The van der Waals surface area contributed by atoms with E-state index in [0.29, 0.717) is 11.4 Å². The van der Waals surface area contributed by atoms with E-state index < -0.39 is 12.1 Å². The first-order valence-corrected chi connectivity index (χ1v) is 5.25.